The number of benzene rings is 1. The van der Waals surface area contributed by atoms with Crippen LogP contribution in [0.25, 0.3) is 6.08 Å². The first kappa shape index (κ1) is 16.5. The third-order valence-electron chi connectivity index (χ3n) is 3.11. The summed E-state index contributed by atoms with van der Waals surface area (Å²) < 4.78 is 0. The molecule has 0 saturated heterocycles. The van der Waals surface area contributed by atoms with Crippen LogP contribution in [0.3, 0.4) is 0 Å². The molecule has 23 heavy (non-hydrogen) atoms. The Morgan fingerprint density at radius 2 is 1.87 bits per heavy atom. The Morgan fingerprint density at radius 3 is 2.43 bits per heavy atom. The van der Waals surface area contributed by atoms with Crippen LogP contribution in [-0.4, -0.2) is 20.7 Å². The molecule has 0 aliphatic rings. The number of ketones is 1. The van der Waals surface area contributed by atoms with Crippen molar-refractivity contribution in [1.82, 2.24) is 9.97 Å². The van der Waals surface area contributed by atoms with Gasteiger partial charge in [0.25, 0.3) is 5.69 Å². The molecule has 0 atom stereocenters. The highest BCUT2D eigenvalue weighted by Gasteiger charge is 2.16. The minimum atomic E-state index is -0.528. The Labute approximate surface area is 134 Å². The molecule has 0 unspecified atom stereocenters. The zero-order valence-electron chi connectivity index (χ0n) is 13.2. The lowest BCUT2D eigenvalue weighted by molar-refractivity contribution is -0.384. The van der Waals surface area contributed by atoms with Crippen LogP contribution in [0.2, 0.25) is 0 Å². The number of nitrogens with zero attached hydrogens (tertiary/aromatic N) is 3. The van der Waals surface area contributed by atoms with Crippen LogP contribution in [0.5, 0.6) is 0 Å². The van der Waals surface area contributed by atoms with E-state index in [1.165, 1.54) is 24.3 Å². The lowest BCUT2D eigenvalue weighted by atomic mass is 9.96. The standard InChI is InChI=1S/C17H17N3O3/c1-17(2,3)16-18-10-12(11-19-16)7-8-15(21)13-5-4-6-14(9-13)20(22)23/h4-11H,1-3H3/b8-7+. The lowest BCUT2D eigenvalue weighted by Crippen LogP contribution is -2.15. The Bertz CT molecular complexity index is 759. The van der Waals surface area contributed by atoms with Gasteiger partial charge in [-0.15, -0.1) is 0 Å². The number of carbonyl (C=O) groups excluding carboxylic acids is 1. The molecule has 0 aliphatic heterocycles. The van der Waals surface area contributed by atoms with Crippen LogP contribution < -0.4 is 0 Å². The molecule has 0 aliphatic carbocycles. The number of hydrogen-bond donors (Lipinski definition) is 0. The summed E-state index contributed by atoms with van der Waals surface area (Å²) in [6.07, 6.45) is 6.23. The normalized spacial score (nSPS) is 11.6. The number of carbonyl (C=O) groups is 1. The molecule has 6 nitrogen and oxygen atoms in total. The van der Waals surface area contributed by atoms with E-state index in [4.69, 9.17) is 0 Å². The molecule has 1 aromatic carbocycles. The van der Waals surface area contributed by atoms with Gasteiger partial charge in [0.15, 0.2) is 5.78 Å². The Kier molecular flexibility index (Phi) is 4.64. The van der Waals surface area contributed by atoms with E-state index in [-0.39, 0.29) is 22.4 Å². The van der Waals surface area contributed by atoms with E-state index in [1.54, 1.807) is 24.5 Å². The van der Waals surface area contributed by atoms with Gasteiger partial charge < -0.3 is 0 Å². The molecule has 0 bridgehead atoms. The van der Waals surface area contributed by atoms with Crippen molar-refractivity contribution >= 4 is 17.5 Å². The highest BCUT2D eigenvalue weighted by molar-refractivity contribution is 6.07. The van der Waals surface area contributed by atoms with Crippen molar-refractivity contribution in [1.29, 1.82) is 0 Å². The molecular weight excluding hydrogens is 294 g/mol. The van der Waals surface area contributed by atoms with Gasteiger partial charge in [0.1, 0.15) is 5.82 Å². The van der Waals surface area contributed by atoms with Gasteiger partial charge in [-0.2, -0.15) is 0 Å². The van der Waals surface area contributed by atoms with Crippen molar-refractivity contribution in [3.63, 3.8) is 0 Å². The molecule has 1 aromatic heterocycles. The summed E-state index contributed by atoms with van der Waals surface area (Å²) in [4.78, 5) is 30.8. The number of aromatic nitrogens is 2. The minimum absolute atomic E-state index is 0.109. The van der Waals surface area contributed by atoms with E-state index in [9.17, 15) is 14.9 Å². The molecule has 2 aromatic rings. The van der Waals surface area contributed by atoms with E-state index in [2.05, 4.69) is 9.97 Å². The summed E-state index contributed by atoms with van der Waals surface area (Å²) in [5.74, 6) is 0.410. The number of nitro benzene ring substituents is 1. The number of allylic oxidation sites excluding steroid dienone is 1. The first-order valence-corrected chi connectivity index (χ1v) is 7.07. The van der Waals surface area contributed by atoms with Crippen LogP contribution in [0.15, 0.2) is 42.7 Å². The van der Waals surface area contributed by atoms with Crippen molar-refractivity contribution in [3.05, 3.63) is 69.8 Å². The Morgan fingerprint density at radius 1 is 1.22 bits per heavy atom. The summed E-state index contributed by atoms with van der Waals surface area (Å²) in [6.45, 7) is 6.05. The van der Waals surface area contributed by atoms with E-state index in [1.807, 2.05) is 20.8 Å². The van der Waals surface area contributed by atoms with E-state index >= 15 is 0 Å². The molecule has 0 fully saturated rings. The summed E-state index contributed by atoms with van der Waals surface area (Å²) in [5.41, 5.74) is 0.711. The minimum Gasteiger partial charge on any atom is -0.289 e. The molecule has 118 valence electrons. The fourth-order valence-corrected chi connectivity index (χ4v) is 1.85. The SMILES string of the molecule is CC(C)(C)c1ncc(/C=C/C(=O)c2cccc([N+](=O)[O-])c2)cn1. The zero-order chi connectivity index (χ0) is 17.0. The average Bonchev–Trinajstić information content (AvgIpc) is 2.52. The van der Waals surface area contributed by atoms with Gasteiger partial charge in [0.05, 0.1) is 4.92 Å². The van der Waals surface area contributed by atoms with Gasteiger partial charge in [0, 0.05) is 41.1 Å². The predicted molar refractivity (Wildman–Crippen MR) is 87.2 cm³/mol. The fraction of sp³-hybridized carbons (Fsp3) is 0.235. The second-order valence-electron chi connectivity index (χ2n) is 6.10. The topological polar surface area (TPSA) is 86.0 Å². The third-order valence-corrected chi connectivity index (χ3v) is 3.11. The van der Waals surface area contributed by atoms with Crippen molar-refractivity contribution in [2.24, 2.45) is 0 Å². The second kappa shape index (κ2) is 6.48. The number of rotatable bonds is 4. The molecule has 1 heterocycles. The molecular formula is C17H17N3O3. The average molecular weight is 311 g/mol. The summed E-state index contributed by atoms with van der Waals surface area (Å²) in [5, 5.41) is 10.7. The van der Waals surface area contributed by atoms with Crippen LogP contribution in [-0.2, 0) is 5.41 Å². The maximum Gasteiger partial charge on any atom is 0.270 e. The first-order chi connectivity index (χ1) is 10.8. The van der Waals surface area contributed by atoms with Gasteiger partial charge in [-0.3, -0.25) is 14.9 Å². The largest absolute Gasteiger partial charge is 0.289 e. The lowest BCUT2D eigenvalue weighted by Gasteiger charge is -2.15. The zero-order valence-corrected chi connectivity index (χ0v) is 13.2. The number of nitro groups is 1. The van der Waals surface area contributed by atoms with Crippen molar-refractivity contribution in [3.8, 4) is 0 Å². The molecule has 0 saturated carbocycles. The first-order valence-electron chi connectivity index (χ1n) is 7.07. The van der Waals surface area contributed by atoms with Crippen LogP contribution >= 0.6 is 0 Å². The molecule has 0 radical (unpaired) electrons. The Hall–Kier alpha value is -2.89. The molecule has 2 rings (SSSR count). The molecule has 0 amide bonds. The third kappa shape index (κ3) is 4.29. The van der Waals surface area contributed by atoms with Crippen molar-refractivity contribution in [2.45, 2.75) is 26.2 Å². The van der Waals surface area contributed by atoms with Gasteiger partial charge in [-0.1, -0.05) is 32.9 Å². The smallest absolute Gasteiger partial charge is 0.270 e. The van der Waals surface area contributed by atoms with Gasteiger partial charge >= 0.3 is 0 Å². The van der Waals surface area contributed by atoms with Crippen LogP contribution in [0, 0.1) is 10.1 Å². The van der Waals surface area contributed by atoms with Crippen molar-refractivity contribution < 1.29 is 9.72 Å². The highest BCUT2D eigenvalue weighted by atomic mass is 16.6. The number of hydrogen-bond acceptors (Lipinski definition) is 5. The van der Waals surface area contributed by atoms with E-state index in [0.29, 0.717) is 5.56 Å². The summed E-state index contributed by atoms with van der Waals surface area (Å²) >= 11 is 0. The van der Waals surface area contributed by atoms with E-state index < -0.39 is 4.92 Å². The summed E-state index contributed by atoms with van der Waals surface area (Å²) in [7, 11) is 0. The molecule has 0 spiro atoms. The number of non-ortho nitro benzene ring substituents is 1. The van der Waals surface area contributed by atoms with Crippen LogP contribution in [0.1, 0.15) is 42.5 Å². The molecule has 6 heteroatoms. The van der Waals surface area contributed by atoms with Crippen molar-refractivity contribution in [2.75, 3.05) is 0 Å². The quantitative estimate of drug-likeness (QED) is 0.373. The van der Waals surface area contributed by atoms with Gasteiger partial charge in [-0.05, 0) is 12.2 Å². The predicted octanol–water partition coefficient (Wildman–Crippen LogP) is 3.58. The maximum atomic E-state index is 12.1. The maximum absolute atomic E-state index is 12.1. The highest BCUT2D eigenvalue weighted by Crippen LogP contribution is 2.18. The van der Waals surface area contributed by atoms with E-state index in [0.717, 1.165) is 5.82 Å². The fourth-order valence-electron chi connectivity index (χ4n) is 1.85. The monoisotopic (exact) mass is 311 g/mol. The molecule has 0 N–H and O–H groups in total. The second-order valence-corrected chi connectivity index (χ2v) is 6.10. The van der Waals surface area contributed by atoms with Crippen LogP contribution in [0.4, 0.5) is 5.69 Å². The van der Waals surface area contributed by atoms with Gasteiger partial charge in [-0.25, -0.2) is 9.97 Å². The summed E-state index contributed by atoms with van der Waals surface area (Å²) in [6, 6.07) is 5.63. The Balaban J connectivity index is 2.15. The van der Waals surface area contributed by atoms with Gasteiger partial charge in [0.2, 0.25) is 0 Å².